The molecule has 0 saturated carbocycles. The van der Waals surface area contributed by atoms with Gasteiger partial charge in [0.2, 0.25) is 0 Å². The van der Waals surface area contributed by atoms with Crippen LogP contribution >= 0.6 is 0 Å². The summed E-state index contributed by atoms with van der Waals surface area (Å²) in [5.74, 6) is -1.10. The average Bonchev–Trinajstić information content (AvgIpc) is 2.34. The highest BCUT2D eigenvalue weighted by atomic mass is 16.4. The van der Waals surface area contributed by atoms with Gasteiger partial charge >= 0.3 is 11.6 Å². The molecule has 0 unspecified atom stereocenters. The van der Waals surface area contributed by atoms with Gasteiger partial charge in [0.15, 0.2) is 0 Å². The molecule has 0 fully saturated rings. The van der Waals surface area contributed by atoms with Crippen LogP contribution in [-0.2, 0) is 11.2 Å². The Morgan fingerprint density at radius 1 is 1.53 bits per heavy atom. The van der Waals surface area contributed by atoms with E-state index in [9.17, 15) is 9.59 Å². The first kappa shape index (κ1) is 12.7. The highest BCUT2D eigenvalue weighted by Crippen LogP contribution is 2.24. The molecule has 1 aromatic carbocycles. The summed E-state index contributed by atoms with van der Waals surface area (Å²) in [6.45, 7) is 1.66. The molecule has 2 rings (SSSR count). The van der Waals surface area contributed by atoms with Gasteiger partial charge in [-0.2, -0.15) is 0 Å². The van der Waals surface area contributed by atoms with E-state index >= 15 is 0 Å². The second-order valence-corrected chi connectivity index (χ2v) is 3.93. The summed E-state index contributed by atoms with van der Waals surface area (Å²) in [4.78, 5) is 25.1. The second kappa shape index (κ2) is 4.83. The number of fused-ring (bicyclic) bond motifs is 1. The van der Waals surface area contributed by atoms with E-state index in [1.807, 2.05) is 0 Å². The predicted molar refractivity (Wildman–Crippen MR) is 67.4 cm³/mol. The molecule has 0 atom stereocenters. The van der Waals surface area contributed by atoms with Crippen LogP contribution in [0.4, 0.5) is 5.69 Å². The third kappa shape index (κ3) is 2.41. The molecule has 7 heteroatoms. The molecule has 0 aliphatic carbocycles. The van der Waals surface area contributed by atoms with Crippen molar-refractivity contribution in [2.45, 2.75) is 13.3 Å². The van der Waals surface area contributed by atoms with Gasteiger partial charge in [-0.25, -0.2) is 4.79 Å². The fourth-order valence-electron chi connectivity index (χ4n) is 1.85. The zero-order chi connectivity index (χ0) is 14.0. The number of aliphatic carboxylic acids is 1. The first-order chi connectivity index (χ1) is 9.02. The van der Waals surface area contributed by atoms with Crippen LogP contribution in [0.15, 0.2) is 32.5 Å². The highest BCUT2D eigenvalue weighted by Gasteiger charge is 2.14. The minimum atomic E-state index is -1.10. The number of nitrogens with zero attached hydrogens (tertiary/aromatic N) is 3. The Balaban J connectivity index is 2.72. The molecule has 0 aliphatic rings. The van der Waals surface area contributed by atoms with Crippen molar-refractivity contribution in [2.75, 3.05) is 0 Å². The lowest BCUT2D eigenvalue weighted by Crippen LogP contribution is -2.14. The van der Waals surface area contributed by atoms with Crippen LogP contribution in [0.5, 0.6) is 0 Å². The van der Waals surface area contributed by atoms with Gasteiger partial charge in [-0.3, -0.25) is 4.79 Å². The van der Waals surface area contributed by atoms with Gasteiger partial charge in [-0.15, -0.1) is 0 Å². The van der Waals surface area contributed by atoms with E-state index in [4.69, 9.17) is 15.1 Å². The van der Waals surface area contributed by atoms with Gasteiger partial charge in [0.1, 0.15) is 5.58 Å². The molecule has 1 N–H and O–H groups in total. The minimum Gasteiger partial charge on any atom is -0.481 e. The van der Waals surface area contributed by atoms with Crippen LogP contribution < -0.4 is 5.63 Å². The zero-order valence-electron chi connectivity index (χ0n) is 9.95. The number of carbonyl (C=O) groups is 1. The van der Waals surface area contributed by atoms with Crippen molar-refractivity contribution in [1.29, 1.82) is 0 Å². The van der Waals surface area contributed by atoms with Gasteiger partial charge in [-0.05, 0) is 24.1 Å². The SMILES string of the molecule is Cc1c(CC(=O)O)c(=O)oc2cc(N=[N+]=[N-])ccc12. The Labute approximate surface area is 106 Å². The maximum atomic E-state index is 11.7. The molecule has 0 saturated heterocycles. The Morgan fingerprint density at radius 2 is 2.26 bits per heavy atom. The maximum Gasteiger partial charge on any atom is 0.340 e. The lowest BCUT2D eigenvalue weighted by Gasteiger charge is -2.06. The molecule has 2 aromatic rings. The summed E-state index contributed by atoms with van der Waals surface area (Å²) in [5.41, 5.74) is 8.92. The van der Waals surface area contributed by atoms with Gasteiger partial charge in [0, 0.05) is 16.0 Å². The maximum absolute atomic E-state index is 11.7. The Morgan fingerprint density at radius 3 is 2.89 bits per heavy atom. The fraction of sp³-hybridized carbons (Fsp3) is 0.167. The molecule has 0 bridgehead atoms. The molecule has 0 radical (unpaired) electrons. The van der Waals surface area contributed by atoms with Crippen LogP contribution in [0.25, 0.3) is 21.4 Å². The Hall–Kier alpha value is -2.79. The van der Waals surface area contributed by atoms with Crippen molar-refractivity contribution in [2.24, 2.45) is 5.11 Å². The molecule has 96 valence electrons. The largest absolute Gasteiger partial charge is 0.481 e. The molecule has 1 heterocycles. The molecule has 0 amide bonds. The fourth-order valence-corrected chi connectivity index (χ4v) is 1.85. The molecular formula is C12H9N3O4. The molecule has 0 spiro atoms. The summed E-state index contributed by atoms with van der Waals surface area (Å²) >= 11 is 0. The molecule has 7 nitrogen and oxygen atoms in total. The van der Waals surface area contributed by atoms with E-state index in [0.717, 1.165) is 0 Å². The van der Waals surface area contributed by atoms with Gasteiger partial charge < -0.3 is 9.52 Å². The van der Waals surface area contributed by atoms with Crippen molar-refractivity contribution in [3.8, 4) is 0 Å². The summed E-state index contributed by atoms with van der Waals surface area (Å²) in [6.07, 6.45) is -0.387. The van der Waals surface area contributed by atoms with E-state index in [0.29, 0.717) is 16.6 Å². The standard InChI is InChI=1S/C12H9N3O4/c1-6-8-3-2-7(14-15-13)4-10(8)19-12(18)9(6)5-11(16)17/h2-4H,5H2,1H3,(H,16,17). The number of rotatable bonds is 3. The molecule has 0 aliphatic heterocycles. The summed E-state index contributed by atoms with van der Waals surface area (Å²) in [7, 11) is 0. The van der Waals surface area contributed by atoms with Crippen molar-refractivity contribution in [3.63, 3.8) is 0 Å². The highest BCUT2D eigenvalue weighted by molar-refractivity contribution is 5.84. The first-order valence-electron chi connectivity index (χ1n) is 5.36. The number of benzene rings is 1. The summed E-state index contributed by atoms with van der Waals surface area (Å²) in [6, 6.07) is 4.64. The topological polar surface area (TPSA) is 116 Å². The minimum absolute atomic E-state index is 0.122. The van der Waals surface area contributed by atoms with Gasteiger partial charge in [0.05, 0.1) is 12.0 Å². The van der Waals surface area contributed by atoms with Crippen LogP contribution in [0.3, 0.4) is 0 Å². The number of azide groups is 1. The average molecular weight is 259 g/mol. The second-order valence-electron chi connectivity index (χ2n) is 3.93. The Bertz CT molecular complexity index is 772. The van der Waals surface area contributed by atoms with E-state index < -0.39 is 11.6 Å². The molecule has 1 aromatic heterocycles. The lowest BCUT2D eigenvalue weighted by molar-refractivity contribution is -0.136. The smallest absolute Gasteiger partial charge is 0.340 e. The van der Waals surface area contributed by atoms with Crippen LogP contribution in [0.2, 0.25) is 0 Å². The molecule has 19 heavy (non-hydrogen) atoms. The van der Waals surface area contributed by atoms with Crippen molar-refractivity contribution in [1.82, 2.24) is 0 Å². The monoisotopic (exact) mass is 259 g/mol. The number of hydrogen-bond donors (Lipinski definition) is 1. The van der Waals surface area contributed by atoms with Crippen molar-refractivity contribution >= 4 is 22.6 Å². The van der Waals surface area contributed by atoms with E-state index in [1.54, 1.807) is 19.1 Å². The number of carboxylic acid groups (broad SMARTS) is 1. The van der Waals surface area contributed by atoms with Crippen LogP contribution in [0, 0.1) is 6.92 Å². The van der Waals surface area contributed by atoms with Gasteiger partial charge in [0.25, 0.3) is 0 Å². The van der Waals surface area contributed by atoms with Crippen LogP contribution in [0.1, 0.15) is 11.1 Å². The number of hydrogen-bond acceptors (Lipinski definition) is 4. The zero-order valence-corrected chi connectivity index (χ0v) is 9.95. The van der Waals surface area contributed by atoms with E-state index in [2.05, 4.69) is 10.0 Å². The summed E-state index contributed by atoms with van der Waals surface area (Å²) < 4.78 is 5.06. The number of aryl methyl sites for hydroxylation is 1. The summed E-state index contributed by atoms with van der Waals surface area (Å²) in [5, 5.41) is 12.8. The third-order valence-corrected chi connectivity index (χ3v) is 2.76. The normalized spacial score (nSPS) is 10.2. The van der Waals surface area contributed by atoms with Crippen molar-refractivity contribution in [3.05, 3.63) is 50.2 Å². The van der Waals surface area contributed by atoms with Crippen LogP contribution in [-0.4, -0.2) is 11.1 Å². The molecular weight excluding hydrogens is 250 g/mol. The lowest BCUT2D eigenvalue weighted by atomic mass is 10.0. The predicted octanol–water partition coefficient (Wildman–Crippen LogP) is 2.67. The van der Waals surface area contributed by atoms with Crippen molar-refractivity contribution < 1.29 is 14.3 Å². The Kier molecular flexibility index (Phi) is 3.22. The van der Waals surface area contributed by atoms with E-state index in [1.165, 1.54) is 6.07 Å². The third-order valence-electron chi connectivity index (χ3n) is 2.76. The quantitative estimate of drug-likeness (QED) is 0.394. The van der Waals surface area contributed by atoms with E-state index in [-0.39, 0.29) is 17.6 Å². The number of carboxylic acids is 1. The first-order valence-corrected chi connectivity index (χ1v) is 5.36. The van der Waals surface area contributed by atoms with Gasteiger partial charge in [-0.1, -0.05) is 17.2 Å².